The van der Waals surface area contributed by atoms with Crippen molar-refractivity contribution in [3.8, 4) is 5.75 Å². The van der Waals surface area contributed by atoms with E-state index >= 15 is 0 Å². The maximum absolute atomic E-state index is 13.1. The van der Waals surface area contributed by atoms with Crippen molar-refractivity contribution in [2.24, 2.45) is 5.92 Å². The molecule has 3 nitrogen and oxygen atoms in total. The van der Waals surface area contributed by atoms with Crippen LogP contribution in [0.25, 0.3) is 0 Å². The second-order valence-electron chi connectivity index (χ2n) is 4.48. The van der Waals surface area contributed by atoms with Crippen molar-refractivity contribution in [2.45, 2.75) is 26.7 Å². The molecule has 0 saturated heterocycles. The summed E-state index contributed by atoms with van der Waals surface area (Å²) < 4.78 is 18.5. The molecule has 0 heterocycles. The number of rotatable bonds is 6. The van der Waals surface area contributed by atoms with Crippen LogP contribution < -0.4 is 10.2 Å². The molecule has 1 rings (SSSR count). The SMILES string of the molecule is CC(C)CCCOc1cc(F)cc(B(O)O)c1. The lowest BCUT2D eigenvalue weighted by Gasteiger charge is -2.09. The zero-order valence-electron chi connectivity index (χ0n) is 10.2. The van der Waals surface area contributed by atoms with Crippen molar-refractivity contribution in [3.63, 3.8) is 0 Å². The molecule has 0 unspecified atom stereocenters. The predicted octanol–water partition coefficient (Wildman–Crippen LogP) is 1.32. The first kappa shape index (κ1) is 14.0. The quantitative estimate of drug-likeness (QED) is 0.582. The van der Waals surface area contributed by atoms with Crippen LogP contribution in [0.4, 0.5) is 4.39 Å². The van der Waals surface area contributed by atoms with E-state index in [1.807, 2.05) is 0 Å². The summed E-state index contributed by atoms with van der Waals surface area (Å²) in [5.41, 5.74) is 0.101. The van der Waals surface area contributed by atoms with Crippen LogP contribution in [0.1, 0.15) is 26.7 Å². The van der Waals surface area contributed by atoms with Gasteiger partial charge in [-0.15, -0.1) is 0 Å². The summed E-state index contributed by atoms with van der Waals surface area (Å²) in [5, 5.41) is 17.9. The van der Waals surface area contributed by atoms with Gasteiger partial charge in [-0.05, 0) is 36.4 Å². The van der Waals surface area contributed by atoms with Crippen LogP contribution in [0.5, 0.6) is 5.75 Å². The molecule has 0 aromatic heterocycles. The van der Waals surface area contributed by atoms with Gasteiger partial charge in [-0.1, -0.05) is 13.8 Å². The Kier molecular flexibility index (Phi) is 5.45. The van der Waals surface area contributed by atoms with Crippen molar-refractivity contribution in [3.05, 3.63) is 24.0 Å². The minimum Gasteiger partial charge on any atom is -0.494 e. The Bertz CT molecular complexity index is 356. The van der Waals surface area contributed by atoms with E-state index in [0.29, 0.717) is 18.3 Å². The maximum Gasteiger partial charge on any atom is 0.488 e. The summed E-state index contributed by atoms with van der Waals surface area (Å²) in [4.78, 5) is 0. The average molecular weight is 240 g/mol. The lowest BCUT2D eigenvalue weighted by atomic mass is 9.80. The minimum absolute atomic E-state index is 0.101. The Morgan fingerprint density at radius 1 is 1.29 bits per heavy atom. The summed E-state index contributed by atoms with van der Waals surface area (Å²) in [5.74, 6) is 0.409. The summed E-state index contributed by atoms with van der Waals surface area (Å²) in [6.07, 6.45) is 1.94. The Morgan fingerprint density at radius 3 is 2.59 bits per heavy atom. The van der Waals surface area contributed by atoms with Crippen molar-refractivity contribution in [1.82, 2.24) is 0 Å². The average Bonchev–Trinajstić information content (AvgIpc) is 2.23. The molecule has 0 saturated carbocycles. The molecule has 0 bridgehead atoms. The number of ether oxygens (including phenoxy) is 1. The van der Waals surface area contributed by atoms with Gasteiger partial charge in [-0.25, -0.2) is 4.39 Å². The molecule has 0 aliphatic rings. The first-order valence-corrected chi connectivity index (χ1v) is 5.78. The van der Waals surface area contributed by atoms with E-state index < -0.39 is 12.9 Å². The van der Waals surface area contributed by atoms with Crippen LogP contribution >= 0.6 is 0 Å². The lowest BCUT2D eigenvalue weighted by molar-refractivity contribution is 0.296. The van der Waals surface area contributed by atoms with E-state index in [2.05, 4.69) is 13.8 Å². The van der Waals surface area contributed by atoms with Gasteiger partial charge in [0.05, 0.1) is 6.61 Å². The largest absolute Gasteiger partial charge is 0.494 e. The first-order chi connectivity index (χ1) is 7.99. The zero-order chi connectivity index (χ0) is 12.8. The molecule has 0 amide bonds. The van der Waals surface area contributed by atoms with Crippen LogP contribution in [-0.4, -0.2) is 23.8 Å². The summed E-state index contributed by atoms with van der Waals surface area (Å²) >= 11 is 0. The molecule has 0 radical (unpaired) electrons. The molecule has 1 aromatic rings. The molecule has 5 heteroatoms. The van der Waals surface area contributed by atoms with Gasteiger partial charge in [0.2, 0.25) is 0 Å². The van der Waals surface area contributed by atoms with Crippen LogP contribution in [0.3, 0.4) is 0 Å². The van der Waals surface area contributed by atoms with E-state index in [0.717, 1.165) is 18.9 Å². The fourth-order valence-corrected chi connectivity index (χ4v) is 1.50. The molecule has 0 aliphatic heterocycles. The van der Waals surface area contributed by atoms with Gasteiger partial charge < -0.3 is 14.8 Å². The highest BCUT2D eigenvalue weighted by Crippen LogP contribution is 2.12. The van der Waals surface area contributed by atoms with Gasteiger partial charge >= 0.3 is 7.12 Å². The van der Waals surface area contributed by atoms with E-state index in [1.165, 1.54) is 12.1 Å². The van der Waals surface area contributed by atoms with Crippen LogP contribution in [0.15, 0.2) is 18.2 Å². The molecule has 17 heavy (non-hydrogen) atoms. The normalized spacial score (nSPS) is 10.7. The standard InChI is InChI=1S/C12H18BFO3/c1-9(2)4-3-5-17-12-7-10(13(15)16)6-11(14)8-12/h6-9,15-16H,3-5H2,1-2H3. The van der Waals surface area contributed by atoms with Gasteiger partial charge in [0, 0.05) is 6.07 Å². The smallest absolute Gasteiger partial charge is 0.488 e. The second-order valence-corrected chi connectivity index (χ2v) is 4.48. The van der Waals surface area contributed by atoms with Crippen molar-refractivity contribution in [2.75, 3.05) is 6.61 Å². The lowest BCUT2D eigenvalue weighted by Crippen LogP contribution is -2.30. The van der Waals surface area contributed by atoms with Gasteiger partial charge in [0.1, 0.15) is 11.6 Å². The van der Waals surface area contributed by atoms with Crippen molar-refractivity contribution >= 4 is 12.6 Å². The molecular formula is C12H18BFO3. The van der Waals surface area contributed by atoms with Crippen molar-refractivity contribution in [1.29, 1.82) is 0 Å². The van der Waals surface area contributed by atoms with E-state index in [1.54, 1.807) is 0 Å². The summed E-state index contributed by atoms with van der Waals surface area (Å²) in [7, 11) is -1.68. The maximum atomic E-state index is 13.1. The van der Waals surface area contributed by atoms with Crippen LogP contribution in [-0.2, 0) is 0 Å². The highest BCUT2D eigenvalue weighted by atomic mass is 19.1. The second kappa shape index (κ2) is 6.62. The zero-order valence-corrected chi connectivity index (χ0v) is 10.2. The van der Waals surface area contributed by atoms with Gasteiger partial charge in [-0.2, -0.15) is 0 Å². The molecule has 0 fully saturated rings. The number of benzene rings is 1. The highest BCUT2D eigenvalue weighted by molar-refractivity contribution is 6.58. The monoisotopic (exact) mass is 240 g/mol. The number of hydrogen-bond donors (Lipinski definition) is 2. The minimum atomic E-state index is -1.68. The molecule has 94 valence electrons. The summed E-state index contributed by atoms with van der Waals surface area (Å²) in [6.45, 7) is 4.76. The predicted molar refractivity (Wildman–Crippen MR) is 65.8 cm³/mol. The first-order valence-electron chi connectivity index (χ1n) is 5.78. The number of hydrogen-bond acceptors (Lipinski definition) is 3. The third kappa shape index (κ3) is 5.19. The third-order valence-corrected chi connectivity index (χ3v) is 2.39. The molecule has 0 atom stereocenters. The molecule has 2 N–H and O–H groups in total. The van der Waals surface area contributed by atoms with Crippen molar-refractivity contribution < 1.29 is 19.2 Å². The molecule has 0 aliphatic carbocycles. The fraction of sp³-hybridized carbons (Fsp3) is 0.500. The van der Waals surface area contributed by atoms with E-state index in [-0.39, 0.29) is 5.46 Å². The van der Waals surface area contributed by atoms with Gasteiger partial charge in [-0.3, -0.25) is 0 Å². The Hall–Kier alpha value is -1.07. The molecule has 0 spiro atoms. The van der Waals surface area contributed by atoms with Gasteiger partial charge in [0.25, 0.3) is 0 Å². The fourth-order valence-electron chi connectivity index (χ4n) is 1.50. The van der Waals surface area contributed by atoms with Gasteiger partial charge in [0.15, 0.2) is 0 Å². The summed E-state index contributed by atoms with van der Waals surface area (Å²) in [6, 6.07) is 3.75. The Morgan fingerprint density at radius 2 is 2.00 bits per heavy atom. The third-order valence-electron chi connectivity index (χ3n) is 2.39. The van der Waals surface area contributed by atoms with Crippen LogP contribution in [0.2, 0.25) is 0 Å². The molecule has 1 aromatic carbocycles. The van der Waals surface area contributed by atoms with Crippen LogP contribution in [0, 0.1) is 11.7 Å². The highest BCUT2D eigenvalue weighted by Gasteiger charge is 2.13. The van der Waals surface area contributed by atoms with E-state index in [9.17, 15) is 4.39 Å². The van der Waals surface area contributed by atoms with E-state index in [4.69, 9.17) is 14.8 Å². The Labute approximate surface area is 101 Å². The topological polar surface area (TPSA) is 49.7 Å². The Balaban J connectivity index is 2.53. The molecular weight excluding hydrogens is 222 g/mol. The number of halogens is 1.